The van der Waals surface area contributed by atoms with E-state index < -0.39 is 0 Å². The molecule has 0 fully saturated rings. The Kier molecular flexibility index (Phi) is 6.20. The summed E-state index contributed by atoms with van der Waals surface area (Å²) in [6.07, 6.45) is 6.44. The van der Waals surface area contributed by atoms with E-state index in [4.69, 9.17) is 4.98 Å². The first-order valence-electron chi connectivity index (χ1n) is 9.89. The number of amides is 1. The standard InChI is InChI=1S/C23H23N3O2S2/c1-3-13-25(14-4-2)19(27)15-29-23-24-21-20(17-11-8-12-18(17)30-21)22(28)26(23)16-9-6-5-7-10-16/h3-7,9-10H,1-2,8,11-15H2. The Balaban J connectivity index is 1.75. The van der Waals surface area contributed by atoms with E-state index in [1.165, 1.54) is 16.6 Å². The maximum atomic E-state index is 13.5. The van der Waals surface area contributed by atoms with E-state index in [9.17, 15) is 9.59 Å². The molecule has 7 heteroatoms. The first-order chi connectivity index (χ1) is 14.6. The fourth-order valence-corrected chi connectivity index (χ4v) is 5.95. The van der Waals surface area contributed by atoms with Crippen molar-refractivity contribution in [3.63, 3.8) is 0 Å². The number of thiophene rings is 1. The van der Waals surface area contributed by atoms with Crippen molar-refractivity contribution in [3.8, 4) is 5.69 Å². The van der Waals surface area contributed by atoms with Crippen molar-refractivity contribution < 1.29 is 4.79 Å². The molecule has 1 aliphatic carbocycles. The van der Waals surface area contributed by atoms with E-state index in [2.05, 4.69) is 13.2 Å². The van der Waals surface area contributed by atoms with E-state index in [1.807, 2.05) is 30.3 Å². The van der Waals surface area contributed by atoms with Gasteiger partial charge in [-0.05, 0) is 37.0 Å². The van der Waals surface area contributed by atoms with Crippen LogP contribution in [0.3, 0.4) is 0 Å². The SMILES string of the molecule is C=CCN(CC=C)C(=O)CSc1nc2sc3c(c2c(=O)n1-c1ccccc1)CCC3. The van der Waals surface area contributed by atoms with Crippen LogP contribution in [0.15, 0.2) is 65.6 Å². The first kappa shape index (κ1) is 20.6. The number of hydrogen-bond donors (Lipinski definition) is 0. The second-order valence-electron chi connectivity index (χ2n) is 7.07. The summed E-state index contributed by atoms with van der Waals surface area (Å²) in [4.78, 5) is 34.8. The maximum Gasteiger partial charge on any atom is 0.267 e. The molecule has 0 N–H and O–H groups in total. The summed E-state index contributed by atoms with van der Waals surface area (Å²) in [6.45, 7) is 8.35. The highest BCUT2D eigenvalue weighted by molar-refractivity contribution is 7.99. The highest BCUT2D eigenvalue weighted by Gasteiger charge is 2.24. The molecule has 0 atom stereocenters. The molecule has 1 aliphatic rings. The second-order valence-corrected chi connectivity index (χ2v) is 9.10. The molecule has 2 aromatic heterocycles. The molecule has 1 amide bonds. The van der Waals surface area contributed by atoms with E-state index in [0.29, 0.717) is 18.2 Å². The quantitative estimate of drug-likeness (QED) is 0.301. The molecule has 0 saturated carbocycles. The third-order valence-corrected chi connectivity index (χ3v) is 7.21. The first-order valence-corrected chi connectivity index (χ1v) is 11.7. The number of para-hydroxylation sites is 1. The van der Waals surface area contributed by atoms with E-state index in [0.717, 1.165) is 40.7 Å². The summed E-state index contributed by atoms with van der Waals surface area (Å²) in [5, 5.41) is 1.29. The van der Waals surface area contributed by atoms with Crippen LogP contribution in [0.1, 0.15) is 16.9 Å². The Morgan fingerprint density at radius 1 is 1.20 bits per heavy atom. The minimum Gasteiger partial charge on any atom is -0.335 e. The monoisotopic (exact) mass is 437 g/mol. The van der Waals surface area contributed by atoms with Gasteiger partial charge in [-0.25, -0.2) is 4.98 Å². The van der Waals surface area contributed by atoms with Gasteiger partial charge in [0.1, 0.15) is 4.83 Å². The molecule has 2 heterocycles. The smallest absolute Gasteiger partial charge is 0.267 e. The molecule has 0 saturated heterocycles. The number of carbonyl (C=O) groups excluding carboxylic acids is 1. The van der Waals surface area contributed by atoms with Crippen LogP contribution in [0, 0.1) is 0 Å². The molecule has 1 aromatic carbocycles. The molecule has 0 radical (unpaired) electrons. The van der Waals surface area contributed by atoms with Gasteiger partial charge in [-0.3, -0.25) is 14.2 Å². The predicted molar refractivity (Wildman–Crippen MR) is 125 cm³/mol. The van der Waals surface area contributed by atoms with Gasteiger partial charge in [-0.15, -0.1) is 24.5 Å². The van der Waals surface area contributed by atoms with Crippen LogP contribution in [0.2, 0.25) is 0 Å². The fourth-order valence-electron chi connectivity index (χ4n) is 3.73. The van der Waals surface area contributed by atoms with Gasteiger partial charge in [0.2, 0.25) is 5.91 Å². The lowest BCUT2D eigenvalue weighted by molar-refractivity contribution is -0.127. The largest absolute Gasteiger partial charge is 0.335 e. The number of nitrogens with zero attached hydrogens (tertiary/aromatic N) is 3. The molecule has 154 valence electrons. The van der Waals surface area contributed by atoms with Gasteiger partial charge in [0, 0.05) is 18.0 Å². The summed E-state index contributed by atoms with van der Waals surface area (Å²) >= 11 is 2.91. The highest BCUT2D eigenvalue weighted by atomic mass is 32.2. The topological polar surface area (TPSA) is 55.2 Å². The van der Waals surface area contributed by atoms with Crippen molar-refractivity contribution in [2.45, 2.75) is 24.4 Å². The van der Waals surface area contributed by atoms with E-state index in [1.54, 1.807) is 33.0 Å². The average molecular weight is 438 g/mol. The Morgan fingerprint density at radius 2 is 1.93 bits per heavy atom. The number of thioether (sulfide) groups is 1. The molecule has 0 spiro atoms. The minimum atomic E-state index is -0.0467. The maximum absolute atomic E-state index is 13.5. The lowest BCUT2D eigenvalue weighted by Gasteiger charge is -2.19. The van der Waals surface area contributed by atoms with Gasteiger partial charge < -0.3 is 4.90 Å². The molecule has 0 unspecified atom stereocenters. The number of fused-ring (bicyclic) bond motifs is 3. The lowest BCUT2D eigenvalue weighted by atomic mass is 10.2. The van der Waals surface area contributed by atoms with Crippen molar-refractivity contribution in [2.75, 3.05) is 18.8 Å². The van der Waals surface area contributed by atoms with Crippen LogP contribution in [0.25, 0.3) is 15.9 Å². The molecule has 0 bridgehead atoms. The van der Waals surface area contributed by atoms with Gasteiger partial charge in [0.25, 0.3) is 5.56 Å². The fraction of sp³-hybridized carbons (Fsp3) is 0.261. The third-order valence-electron chi connectivity index (χ3n) is 5.10. The molecule has 3 aromatic rings. The van der Waals surface area contributed by atoms with Gasteiger partial charge in [0.15, 0.2) is 5.16 Å². The van der Waals surface area contributed by atoms with Crippen LogP contribution in [-0.4, -0.2) is 39.2 Å². The zero-order valence-electron chi connectivity index (χ0n) is 16.7. The molecule has 5 nitrogen and oxygen atoms in total. The summed E-state index contributed by atoms with van der Waals surface area (Å²) in [7, 11) is 0. The summed E-state index contributed by atoms with van der Waals surface area (Å²) in [6, 6.07) is 9.52. The van der Waals surface area contributed by atoms with E-state index >= 15 is 0 Å². The summed E-state index contributed by atoms with van der Waals surface area (Å²) in [5.74, 6) is 0.153. The summed E-state index contributed by atoms with van der Waals surface area (Å²) in [5.41, 5.74) is 1.88. The zero-order valence-corrected chi connectivity index (χ0v) is 18.3. The minimum absolute atomic E-state index is 0.0394. The van der Waals surface area contributed by atoms with Crippen LogP contribution in [0.5, 0.6) is 0 Å². The molecular weight excluding hydrogens is 414 g/mol. The van der Waals surface area contributed by atoms with Crippen molar-refractivity contribution >= 4 is 39.2 Å². The van der Waals surface area contributed by atoms with E-state index in [-0.39, 0.29) is 17.2 Å². The van der Waals surface area contributed by atoms with Crippen molar-refractivity contribution in [3.05, 3.63) is 76.4 Å². The lowest BCUT2D eigenvalue weighted by Crippen LogP contribution is -2.33. The van der Waals surface area contributed by atoms with Crippen LogP contribution < -0.4 is 5.56 Å². The highest BCUT2D eigenvalue weighted by Crippen LogP contribution is 2.36. The predicted octanol–water partition coefficient (Wildman–Crippen LogP) is 4.23. The normalized spacial score (nSPS) is 12.7. The van der Waals surface area contributed by atoms with Crippen LogP contribution in [-0.2, 0) is 17.6 Å². The van der Waals surface area contributed by atoms with Gasteiger partial charge in [0.05, 0.1) is 16.8 Å². The van der Waals surface area contributed by atoms with Crippen LogP contribution in [0.4, 0.5) is 0 Å². The van der Waals surface area contributed by atoms with Crippen molar-refractivity contribution in [1.29, 1.82) is 0 Å². The van der Waals surface area contributed by atoms with Crippen molar-refractivity contribution in [1.82, 2.24) is 14.5 Å². The van der Waals surface area contributed by atoms with Gasteiger partial charge in [-0.2, -0.15) is 0 Å². The molecule has 30 heavy (non-hydrogen) atoms. The van der Waals surface area contributed by atoms with Gasteiger partial charge >= 0.3 is 0 Å². The number of carbonyl (C=O) groups is 1. The molecule has 0 aliphatic heterocycles. The number of rotatable bonds is 8. The third kappa shape index (κ3) is 3.87. The number of aromatic nitrogens is 2. The Labute approximate surface area is 183 Å². The second kappa shape index (κ2) is 9.02. The average Bonchev–Trinajstić information content (AvgIpc) is 3.33. The Bertz CT molecular complexity index is 1150. The Morgan fingerprint density at radius 3 is 2.63 bits per heavy atom. The Hall–Kier alpha value is -2.64. The summed E-state index contributed by atoms with van der Waals surface area (Å²) < 4.78 is 1.65. The number of aryl methyl sites for hydroxylation is 2. The number of hydrogen-bond acceptors (Lipinski definition) is 5. The molecule has 4 rings (SSSR count). The van der Waals surface area contributed by atoms with Gasteiger partial charge in [-0.1, -0.05) is 42.1 Å². The molecular formula is C23H23N3O2S2. The number of benzene rings is 1. The van der Waals surface area contributed by atoms with Crippen molar-refractivity contribution in [2.24, 2.45) is 0 Å². The zero-order chi connectivity index (χ0) is 21.1. The van der Waals surface area contributed by atoms with Crippen LogP contribution >= 0.6 is 23.1 Å².